The zero-order valence-electron chi connectivity index (χ0n) is 17.2. The van der Waals surface area contributed by atoms with Crippen molar-refractivity contribution in [2.45, 2.75) is 20.3 Å². The van der Waals surface area contributed by atoms with Crippen molar-refractivity contribution in [2.75, 3.05) is 18.0 Å². The molecule has 152 valence electrons. The van der Waals surface area contributed by atoms with E-state index in [4.69, 9.17) is 4.74 Å². The molecule has 0 aliphatic carbocycles. The van der Waals surface area contributed by atoms with Crippen molar-refractivity contribution in [1.29, 1.82) is 0 Å². The van der Waals surface area contributed by atoms with E-state index in [9.17, 15) is 4.79 Å². The summed E-state index contributed by atoms with van der Waals surface area (Å²) in [6.45, 7) is 6.07. The van der Waals surface area contributed by atoms with Crippen LogP contribution in [-0.2, 0) is 6.42 Å². The number of aromatic nitrogens is 1. The number of thiazole rings is 1. The van der Waals surface area contributed by atoms with Crippen LogP contribution in [0, 0.1) is 0 Å². The second kappa shape index (κ2) is 9.09. The van der Waals surface area contributed by atoms with Gasteiger partial charge in [-0.15, -0.1) is 0 Å². The Hall–Kier alpha value is -3.18. The molecule has 4 nitrogen and oxygen atoms in total. The average Bonchev–Trinajstić information content (AvgIpc) is 3.19. The number of hydrogen-bond donors (Lipinski definition) is 0. The third kappa shape index (κ3) is 4.52. The van der Waals surface area contributed by atoms with Crippen LogP contribution in [0.5, 0.6) is 5.75 Å². The first kappa shape index (κ1) is 20.1. The highest BCUT2D eigenvalue weighted by Gasteiger charge is 2.13. The minimum atomic E-state index is -0.353. The van der Waals surface area contributed by atoms with Crippen molar-refractivity contribution in [1.82, 2.24) is 4.98 Å². The SMILES string of the molecule is CCN(CC)c1nc2ccc(OC(=O)c3ccc(Cc4ccccc4)cc3)cc2s1. The van der Waals surface area contributed by atoms with Crippen LogP contribution in [-0.4, -0.2) is 24.0 Å². The molecule has 1 aromatic heterocycles. The summed E-state index contributed by atoms with van der Waals surface area (Å²) in [5.41, 5.74) is 3.87. The fraction of sp³-hybridized carbons (Fsp3) is 0.200. The molecule has 1 heterocycles. The Kier molecular flexibility index (Phi) is 6.10. The van der Waals surface area contributed by atoms with Gasteiger partial charge < -0.3 is 9.64 Å². The van der Waals surface area contributed by atoms with Crippen LogP contribution in [0.2, 0.25) is 0 Å². The molecule has 0 saturated carbocycles. The summed E-state index contributed by atoms with van der Waals surface area (Å²) in [6.07, 6.45) is 0.840. The van der Waals surface area contributed by atoms with Gasteiger partial charge in [0.1, 0.15) is 5.75 Å². The predicted molar refractivity (Wildman–Crippen MR) is 124 cm³/mol. The fourth-order valence-corrected chi connectivity index (χ4v) is 4.46. The van der Waals surface area contributed by atoms with Gasteiger partial charge in [-0.25, -0.2) is 9.78 Å². The highest BCUT2D eigenvalue weighted by Crippen LogP contribution is 2.31. The number of fused-ring (bicyclic) bond motifs is 1. The molecule has 30 heavy (non-hydrogen) atoms. The molecule has 0 amide bonds. The first-order valence-corrected chi connectivity index (χ1v) is 11.0. The van der Waals surface area contributed by atoms with E-state index in [0.29, 0.717) is 11.3 Å². The van der Waals surface area contributed by atoms with Gasteiger partial charge in [0.25, 0.3) is 0 Å². The quantitative estimate of drug-likeness (QED) is 0.276. The summed E-state index contributed by atoms with van der Waals surface area (Å²) in [6, 6.07) is 23.5. The summed E-state index contributed by atoms with van der Waals surface area (Å²) >= 11 is 1.62. The van der Waals surface area contributed by atoms with Gasteiger partial charge in [-0.05, 0) is 55.7 Å². The van der Waals surface area contributed by atoms with E-state index in [1.54, 1.807) is 17.4 Å². The monoisotopic (exact) mass is 416 g/mol. The number of rotatable bonds is 7. The number of ether oxygens (including phenoxy) is 1. The Bertz CT molecular complexity index is 1130. The standard InChI is InChI=1S/C25H24N2O2S/c1-3-27(4-2)25-26-22-15-14-21(17-23(22)30-25)29-24(28)20-12-10-19(11-13-20)16-18-8-6-5-7-9-18/h5-15,17H,3-4,16H2,1-2H3. The van der Waals surface area contributed by atoms with Crippen LogP contribution in [0.25, 0.3) is 10.2 Å². The van der Waals surface area contributed by atoms with Gasteiger partial charge in [-0.1, -0.05) is 53.8 Å². The number of esters is 1. The van der Waals surface area contributed by atoms with Crippen LogP contribution in [0.15, 0.2) is 72.8 Å². The zero-order chi connectivity index (χ0) is 20.9. The van der Waals surface area contributed by atoms with Crippen LogP contribution in [0.1, 0.15) is 35.3 Å². The maximum absolute atomic E-state index is 12.6. The van der Waals surface area contributed by atoms with Gasteiger partial charge in [-0.3, -0.25) is 0 Å². The predicted octanol–water partition coefficient (Wildman–Crippen LogP) is 5.95. The van der Waals surface area contributed by atoms with Crippen molar-refractivity contribution in [2.24, 2.45) is 0 Å². The maximum Gasteiger partial charge on any atom is 0.343 e. The lowest BCUT2D eigenvalue weighted by Crippen LogP contribution is -2.21. The molecule has 0 unspecified atom stereocenters. The molecule has 0 bridgehead atoms. The topological polar surface area (TPSA) is 42.4 Å². The molecule has 0 saturated heterocycles. The Morgan fingerprint density at radius 2 is 1.63 bits per heavy atom. The normalized spacial score (nSPS) is 10.9. The average molecular weight is 417 g/mol. The first-order valence-electron chi connectivity index (χ1n) is 10.2. The van der Waals surface area contributed by atoms with E-state index in [1.165, 1.54) is 5.56 Å². The Balaban J connectivity index is 1.46. The van der Waals surface area contributed by atoms with E-state index in [1.807, 2.05) is 54.6 Å². The molecule has 0 aliphatic rings. The highest BCUT2D eigenvalue weighted by molar-refractivity contribution is 7.22. The van der Waals surface area contributed by atoms with E-state index in [2.05, 4.69) is 35.9 Å². The lowest BCUT2D eigenvalue weighted by atomic mass is 10.0. The lowest BCUT2D eigenvalue weighted by molar-refractivity contribution is 0.0735. The van der Waals surface area contributed by atoms with Gasteiger partial charge in [0.05, 0.1) is 15.8 Å². The lowest BCUT2D eigenvalue weighted by Gasteiger charge is -2.16. The number of hydrogen-bond acceptors (Lipinski definition) is 5. The third-order valence-electron chi connectivity index (χ3n) is 5.03. The van der Waals surface area contributed by atoms with Crippen LogP contribution < -0.4 is 9.64 Å². The molecule has 5 heteroatoms. The molecule has 0 radical (unpaired) electrons. The number of anilines is 1. The fourth-order valence-electron chi connectivity index (χ4n) is 3.34. The zero-order valence-corrected chi connectivity index (χ0v) is 18.0. The molecule has 4 aromatic rings. The number of carbonyl (C=O) groups excluding carboxylic acids is 1. The summed E-state index contributed by atoms with van der Waals surface area (Å²) in [5.74, 6) is 0.185. The van der Waals surface area contributed by atoms with Gasteiger partial charge >= 0.3 is 5.97 Å². The summed E-state index contributed by atoms with van der Waals surface area (Å²) in [7, 11) is 0. The minimum Gasteiger partial charge on any atom is -0.423 e. The van der Waals surface area contributed by atoms with E-state index >= 15 is 0 Å². The van der Waals surface area contributed by atoms with Crippen molar-refractivity contribution >= 4 is 32.7 Å². The molecule has 3 aromatic carbocycles. The number of benzene rings is 3. The largest absolute Gasteiger partial charge is 0.423 e. The second-order valence-corrected chi connectivity index (χ2v) is 8.06. The molecule has 0 aliphatic heterocycles. The Morgan fingerprint density at radius 3 is 2.33 bits per heavy atom. The van der Waals surface area contributed by atoms with Crippen LogP contribution in [0.3, 0.4) is 0 Å². The van der Waals surface area contributed by atoms with Gasteiger partial charge in [0.15, 0.2) is 5.13 Å². The minimum absolute atomic E-state index is 0.353. The second-order valence-electron chi connectivity index (χ2n) is 7.05. The van der Waals surface area contributed by atoms with Crippen molar-refractivity contribution in [3.05, 3.63) is 89.5 Å². The third-order valence-corrected chi connectivity index (χ3v) is 6.11. The molecular formula is C25H24N2O2S. The number of carbonyl (C=O) groups is 1. The highest BCUT2D eigenvalue weighted by atomic mass is 32.1. The summed E-state index contributed by atoms with van der Waals surface area (Å²) < 4.78 is 6.63. The van der Waals surface area contributed by atoms with E-state index in [-0.39, 0.29) is 5.97 Å². The maximum atomic E-state index is 12.6. The van der Waals surface area contributed by atoms with Crippen molar-refractivity contribution in [3.8, 4) is 5.75 Å². The molecule has 0 fully saturated rings. The van der Waals surface area contributed by atoms with E-state index in [0.717, 1.165) is 40.4 Å². The Labute approximate surface area is 180 Å². The molecule has 4 rings (SSSR count). The Morgan fingerprint density at radius 1 is 0.933 bits per heavy atom. The van der Waals surface area contributed by atoms with Crippen molar-refractivity contribution < 1.29 is 9.53 Å². The molecule has 0 spiro atoms. The molecule has 0 N–H and O–H groups in total. The van der Waals surface area contributed by atoms with E-state index < -0.39 is 0 Å². The van der Waals surface area contributed by atoms with Gasteiger partial charge in [0, 0.05) is 19.2 Å². The summed E-state index contributed by atoms with van der Waals surface area (Å²) in [5, 5.41) is 0.993. The van der Waals surface area contributed by atoms with Crippen LogP contribution >= 0.6 is 11.3 Å². The first-order chi connectivity index (χ1) is 14.7. The number of nitrogens with zero attached hydrogens (tertiary/aromatic N) is 2. The van der Waals surface area contributed by atoms with Crippen LogP contribution in [0.4, 0.5) is 5.13 Å². The van der Waals surface area contributed by atoms with Crippen molar-refractivity contribution in [3.63, 3.8) is 0 Å². The molecular weight excluding hydrogens is 392 g/mol. The van der Waals surface area contributed by atoms with Gasteiger partial charge in [-0.2, -0.15) is 0 Å². The van der Waals surface area contributed by atoms with Gasteiger partial charge in [0.2, 0.25) is 0 Å². The summed E-state index contributed by atoms with van der Waals surface area (Å²) in [4.78, 5) is 19.5. The molecule has 0 atom stereocenters. The smallest absolute Gasteiger partial charge is 0.343 e.